The van der Waals surface area contributed by atoms with Gasteiger partial charge in [-0.1, -0.05) is 32.0 Å². The van der Waals surface area contributed by atoms with E-state index in [4.69, 9.17) is 10.5 Å². The number of nitrogens with zero attached hydrogens (tertiary/aromatic N) is 1. The molecule has 21 heavy (non-hydrogen) atoms. The van der Waals surface area contributed by atoms with Crippen LogP contribution in [0.15, 0.2) is 36.5 Å². The zero-order chi connectivity index (χ0) is 14.6. The molecule has 4 rings (SSSR count). The van der Waals surface area contributed by atoms with E-state index in [-0.39, 0.29) is 17.5 Å². The Balaban J connectivity index is 1.79. The van der Waals surface area contributed by atoms with Crippen molar-refractivity contribution in [1.29, 1.82) is 0 Å². The highest BCUT2D eigenvalue weighted by molar-refractivity contribution is 5.41. The van der Waals surface area contributed by atoms with E-state index in [0.717, 1.165) is 25.2 Å². The van der Waals surface area contributed by atoms with E-state index in [1.165, 1.54) is 16.8 Å². The third kappa shape index (κ3) is 1.99. The molecule has 2 aliphatic rings. The van der Waals surface area contributed by atoms with Gasteiger partial charge in [-0.25, -0.2) is 0 Å². The summed E-state index contributed by atoms with van der Waals surface area (Å²) in [6, 6.07) is 11.0. The van der Waals surface area contributed by atoms with Crippen LogP contribution in [-0.4, -0.2) is 11.2 Å². The molecule has 1 aliphatic carbocycles. The van der Waals surface area contributed by atoms with E-state index in [1.807, 2.05) is 6.07 Å². The van der Waals surface area contributed by atoms with Crippen molar-refractivity contribution in [3.05, 3.63) is 53.3 Å². The van der Waals surface area contributed by atoms with Gasteiger partial charge in [-0.15, -0.1) is 0 Å². The first kappa shape index (κ1) is 13.0. The van der Waals surface area contributed by atoms with Crippen molar-refractivity contribution in [3.63, 3.8) is 0 Å². The molecule has 0 amide bonds. The number of aromatic nitrogens is 1. The molecule has 2 aromatic rings. The Labute approximate surface area is 125 Å². The highest BCUT2D eigenvalue weighted by Gasteiger charge is 2.35. The van der Waals surface area contributed by atoms with E-state index in [9.17, 15) is 0 Å². The molecule has 2 unspecified atom stereocenters. The normalized spacial score (nSPS) is 26.0. The highest BCUT2D eigenvalue weighted by Crippen LogP contribution is 2.43. The fourth-order valence-electron chi connectivity index (χ4n) is 3.93. The predicted molar refractivity (Wildman–Crippen MR) is 83.5 cm³/mol. The maximum absolute atomic E-state index is 6.38. The van der Waals surface area contributed by atoms with Crippen molar-refractivity contribution in [2.45, 2.75) is 38.8 Å². The van der Waals surface area contributed by atoms with Crippen LogP contribution in [0, 0.1) is 5.41 Å². The SMILES string of the molecule is CC1(C)Cc2c(ccn2C2COc3ccccc32)C(N)C1. The van der Waals surface area contributed by atoms with Gasteiger partial charge in [0.15, 0.2) is 0 Å². The molecule has 0 spiro atoms. The zero-order valence-electron chi connectivity index (χ0n) is 12.7. The number of hydrogen-bond acceptors (Lipinski definition) is 2. The third-order valence-corrected chi connectivity index (χ3v) is 4.89. The highest BCUT2D eigenvalue weighted by atomic mass is 16.5. The summed E-state index contributed by atoms with van der Waals surface area (Å²) < 4.78 is 8.24. The number of fused-ring (bicyclic) bond motifs is 2. The number of para-hydroxylation sites is 1. The second kappa shape index (κ2) is 4.38. The molecule has 1 aromatic carbocycles. The molecule has 0 fully saturated rings. The Hall–Kier alpha value is -1.74. The maximum atomic E-state index is 6.38. The van der Waals surface area contributed by atoms with Gasteiger partial charge in [0.2, 0.25) is 0 Å². The van der Waals surface area contributed by atoms with E-state index in [0.29, 0.717) is 0 Å². The van der Waals surface area contributed by atoms with Crippen LogP contribution in [0.25, 0.3) is 0 Å². The second-order valence-corrected chi connectivity index (χ2v) is 7.14. The van der Waals surface area contributed by atoms with E-state index in [1.54, 1.807) is 0 Å². The van der Waals surface area contributed by atoms with Gasteiger partial charge >= 0.3 is 0 Å². The van der Waals surface area contributed by atoms with Gasteiger partial charge in [0.1, 0.15) is 12.4 Å². The van der Waals surface area contributed by atoms with Gasteiger partial charge in [0.05, 0.1) is 6.04 Å². The van der Waals surface area contributed by atoms with Crippen molar-refractivity contribution in [2.24, 2.45) is 11.1 Å². The number of benzene rings is 1. The van der Waals surface area contributed by atoms with Gasteiger partial charge < -0.3 is 15.0 Å². The van der Waals surface area contributed by atoms with Crippen molar-refractivity contribution in [1.82, 2.24) is 4.57 Å². The lowest BCUT2D eigenvalue weighted by Crippen LogP contribution is -2.31. The number of nitrogens with two attached hydrogens (primary N) is 1. The van der Waals surface area contributed by atoms with E-state index in [2.05, 4.69) is 48.9 Å². The quantitative estimate of drug-likeness (QED) is 0.870. The van der Waals surface area contributed by atoms with Gasteiger partial charge in [0.25, 0.3) is 0 Å². The first-order valence-electron chi connectivity index (χ1n) is 7.72. The molecule has 0 saturated carbocycles. The molecule has 2 atom stereocenters. The molecular formula is C18H22N2O. The monoisotopic (exact) mass is 282 g/mol. The molecule has 1 aromatic heterocycles. The Morgan fingerprint density at radius 1 is 1.19 bits per heavy atom. The van der Waals surface area contributed by atoms with Crippen LogP contribution < -0.4 is 10.5 Å². The summed E-state index contributed by atoms with van der Waals surface area (Å²) in [4.78, 5) is 0. The zero-order valence-corrected chi connectivity index (χ0v) is 12.7. The van der Waals surface area contributed by atoms with E-state index < -0.39 is 0 Å². The lowest BCUT2D eigenvalue weighted by Gasteiger charge is -2.35. The van der Waals surface area contributed by atoms with Gasteiger partial charge in [0, 0.05) is 23.5 Å². The van der Waals surface area contributed by atoms with Gasteiger partial charge in [-0.2, -0.15) is 0 Å². The average molecular weight is 282 g/mol. The minimum Gasteiger partial charge on any atom is -0.491 e. The predicted octanol–water partition coefficient (Wildman–Crippen LogP) is 3.44. The fourth-order valence-corrected chi connectivity index (χ4v) is 3.93. The van der Waals surface area contributed by atoms with Crippen LogP contribution in [0.5, 0.6) is 5.75 Å². The fraction of sp³-hybridized carbons (Fsp3) is 0.444. The first-order chi connectivity index (χ1) is 10.1. The van der Waals surface area contributed by atoms with Crippen LogP contribution in [0.1, 0.15) is 49.2 Å². The molecule has 0 saturated heterocycles. The first-order valence-corrected chi connectivity index (χ1v) is 7.72. The molecule has 0 radical (unpaired) electrons. The molecule has 110 valence electrons. The van der Waals surface area contributed by atoms with Crippen LogP contribution >= 0.6 is 0 Å². The Morgan fingerprint density at radius 2 is 2.00 bits per heavy atom. The average Bonchev–Trinajstić information content (AvgIpc) is 3.00. The number of rotatable bonds is 1. The summed E-state index contributed by atoms with van der Waals surface area (Å²) in [6.07, 6.45) is 4.34. The summed E-state index contributed by atoms with van der Waals surface area (Å²) in [5, 5.41) is 0. The van der Waals surface area contributed by atoms with Crippen LogP contribution in [-0.2, 0) is 6.42 Å². The standard InChI is InChI=1S/C18H22N2O/c1-18(2)9-14(19)12-7-8-20(15(12)10-18)16-11-21-17-6-4-3-5-13(16)17/h3-8,14,16H,9-11,19H2,1-2H3. The van der Waals surface area contributed by atoms with Gasteiger partial charge in [-0.05, 0) is 36.0 Å². The van der Waals surface area contributed by atoms with Crippen molar-refractivity contribution < 1.29 is 4.74 Å². The number of hydrogen-bond donors (Lipinski definition) is 1. The molecule has 3 heteroatoms. The summed E-state index contributed by atoms with van der Waals surface area (Å²) in [6.45, 7) is 5.34. The molecule has 1 aliphatic heterocycles. The van der Waals surface area contributed by atoms with Crippen LogP contribution in [0.3, 0.4) is 0 Å². The van der Waals surface area contributed by atoms with Crippen molar-refractivity contribution in [3.8, 4) is 5.75 Å². The topological polar surface area (TPSA) is 40.2 Å². The molecule has 2 N–H and O–H groups in total. The van der Waals surface area contributed by atoms with E-state index >= 15 is 0 Å². The summed E-state index contributed by atoms with van der Waals surface area (Å²) >= 11 is 0. The Morgan fingerprint density at radius 3 is 2.86 bits per heavy atom. The Kier molecular flexibility index (Phi) is 2.70. The molecule has 2 heterocycles. The summed E-state index contributed by atoms with van der Waals surface area (Å²) in [7, 11) is 0. The lowest BCUT2D eigenvalue weighted by atomic mass is 9.74. The third-order valence-electron chi connectivity index (χ3n) is 4.89. The molecule has 3 nitrogen and oxygen atoms in total. The number of ether oxygens (including phenoxy) is 1. The second-order valence-electron chi connectivity index (χ2n) is 7.14. The molecular weight excluding hydrogens is 260 g/mol. The minimum absolute atomic E-state index is 0.155. The smallest absolute Gasteiger partial charge is 0.124 e. The van der Waals surface area contributed by atoms with Crippen LogP contribution in [0.2, 0.25) is 0 Å². The minimum atomic E-state index is 0.155. The van der Waals surface area contributed by atoms with Crippen LogP contribution in [0.4, 0.5) is 0 Å². The van der Waals surface area contributed by atoms with Crippen molar-refractivity contribution >= 4 is 0 Å². The summed E-state index contributed by atoms with van der Waals surface area (Å²) in [5.74, 6) is 1.02. The van der Waals surface area contributed by atoms with Crippen molar-refractivity contribution in [2.75, 3.05) is 6.61 Å². The maximum Gasteiger partial charge on any atom is 0.124 e. The lowest BCUT2D eigenvalue weighted by molar-refractivity contribution is 0.266. The summed E-state index contributed by atoms with van der Waals surface area (Å²) in [5.41, 5.74) is 10.6. The van der Waals surface area contributed by atoms with Gasteiger partial charge in [-0.3, -0.25) is 0 Å². The largest absolute Gasteiger partial charge is 0.491 e. The molecule has 0 bridgehead atoms. The Bertz CT molecular complexity index is 686.